The van der Waals surface area contributed by atoms with Gasteiger partial charge in [0.25, 0.3) is 5.91 Å². The maximum absolute atomic E-state index is 12.3. The minimum Gasteiger partial charge on any atom is -0.326 e. The third kappa shape index (κ3) is 4.38. The fraction of sp³-hybridized carbons (Fsp3) is 0.579. The lowest BCUT2D eigenvalue weighted by Gasteiger charge is -2.36. The average Bonchev–Trinajstić information content (AvgIpc) is 2.85. The van der Waals surface area contributed by atoms with Crippen molar-refractivity contribution in [1.82, 2.24) is 20.0 Å². The number of hydrogen-bond donors (Lipinski definition) is 1. The lowest BCUT2D eigenvalue weighted by Crippen LogP contribution is -2.51. The molecule has 0 spiro atoms. The van der Waals surface area contributed by atoms with Gasteiger partial charge in [-0.2, -0.15) is 0 Å². The third-order valence-electron chi connectivity index (χ3n) is 4.98. The van der Waals surface area contributed by atoms with Crippen LogP contribution in [0.1, 0.15) is 30.9 Å². The van der Waals surface area contributed by atoms with E-state index in [1.807, 2.05) is 6.92 Å². The Kier molecular flexibility index (Phi) is 5.71. The van der Waals surface area contributed by atoms with Crippen LogP contribution in [0, 0.1) is 6.92 Å². The molecule has 0 bridgehead atoms. The minimum absolute atomic E-state index is 0.0750. The van der Waals surface area contributed by atoms with Crippen molar-refractivity contribution in [2.45, 2.75) is 39.3 Å². The van der Waals surface area contributed by atoms with E-state index in [2.05, 4.69) is 46.3 Å². The summed E-state index contributed by atoms with van der Waals surface area (Å²) in [5.41, 5.74) is 2.63. The van der Waals surface area contributed by atoms with Crippen LogP contribution in [-0.4, -0.2) is 65.5 Å². The first kappa shape index (κ1) is 17.9. The SMILES string of the molecule is CCC[C@@H]1NC(=O)N(CN2CCN(Cc3cccc(C)c3)CC2)C1=O. The van der Waals surface area contributed by atoms with Gasteiger partial charge in [0.05, 0.1) is 6.67 Å². The number of imide groups is 1. The maximum atomic E-state index is 12.3. The van der Waals surface area contributed by atoms with Gasteiger partial charge in [-0.3, -0.25) is 14.6 Å². The van der Waals surface area contributed by atoms with E-state index in [0.717, 1.165) is 39.1 Å². The summed E-state index contributed by atoms with van der Waals surface area (Å²) in [5.74, 6) is -0.0750. The monoisotopic (exact) mass is 344 g/mol. The largest absolute Gasteiger partial charge is 0.326 e. The zero-order valence-electron chi connectivity index (χ0n) is 15.2. The number of aryl methyl sites for hydroxylation is 1. The molecule has 0 aromatic heterocycles. The second kappa shape index (κ2) is 7.97. The highest BCUT2D eigenvalue weighted by Crippen LogP contribution is 2.14. The van der Waals surface area contributed by atoms with Crippen molar-refractivity contribution >= 4 is 11.9 Å². The topological polar surface area (TPSA) is 55.9 Å². The van der Waals surface area contributed by atoms with Crippen LogP contribution in [0.5, 0.6) is 0 Å². The molecule has 1 N–H and O–H groups in total. The fourth-order valence-electron chi connectivity index (χ4n) is 3.55. The first-order valence-corrected chi connectivity index (χ1v) is 9.19. The molecule has 0 saturated carbocycles. The maximum Gasteiger partial charge on any atom is 0.325 e. The first-order chi connectivity index (χ1) is 12.1. The standard InChI is InChI=1S/C19H28N4O2/c1-3-5-17-18(24)23(19(25)20-17)14-22-10-8-21(9-11-22)13-16-7-4-6-15(2)12-16/h4,6-7,12,17H,3,5,8-11,13-14H2,1-2H3,(H,20,25)/t17-/m0/s1. The van der Waals surface area contributed by atoms with E-state index in [0.29, 0.717) is 13.1 Å². The molecule has 0 unspecified atom stereocenters. The van der Waals surface area contributed by atoms with E-state index in [-0.39, 0.29) is 18.0 Å². The highest BCUT2D eigenvalue weighted by molar-refractivity contribution is 6.04. The zero-order chi connectivity index (χ0) is 17.8. The van der Waals surface area contributed by atoms with Gasteiger partial charge < -0.3 is 5.32 Å². The summed E-state index contributed by atoms with van der Waals surface area (Å²) in [6.07, 6.45) is 1.60. The molecule has 3 rings (SSSR count). The van der Waals surface area contributed by atoms with Gasteiger partial charge in [-0.25, -0.2) is 9.69 Å². The van der Waals surface area contributed by atoms with Gasteiger partial charge in [-0.1, -0.05) is 43.2 Å². The Morgan fingerprint density at radius 2 is 1.84 bits per heavy atom. The summed E-state index contributed by atoms with van der Waals surface area (Å²) in [5, 5.41) is 2.79. The summed E-state index contributed by atoms with van der Waals surface area (Å²) in [7, 11) is 0. The fourth-order valence-corrected chi connectivity index (χ4v) is 3.55. The molecule has 25 heavy (non-hydrogen) atoms. The third-order valence-corrected chi connectivity index (χ3v) is 4.98. The van der Waals surface area contributed by atoms with Crippen molar-refractivity contribution < 1.29 is 9.59 Å². The van der Waals surface area contributed by atoms with E-state index in [4.69, 9.17) is 0 Å². The second-order valence-electron chi connectivity index (χ2n) is 7.08. The summed E-state index contributed by atoms with van der Waals surface area (Å²) in [6.45, 7) is 9.16. The van der Waals surface area contributed by atoms with Crippen molar-refractivity contribution in [3.8, 4) is 0 Å². The molecule has 1 aromatic carbocycles. The number of nitrogens with zero attached hydrogens (tertiary/aromatic N) is 3. The quantitative estimate of drug-likeness (QED) is 0.800. The Hall–Kier alpha value is -1.92. The van der Waals surface area contributed by atoms with Crippen LogP contribution < -0.4 is 5.32 Å². The van der Waals surface area contributed by atoms with Crippen molar-refractivity contribution in [2.75, 3.05) is 32.8 Å². The molecule has 1 aromatic rings. The van der Waals surface area contributed by atoms with Crippen LogP contribution in [0.25, 0.3) is 0 Å². The molecule has 2 fully saturated rings. The van der Waals surface area contributed by atoms with E-state index < -0.39 is 0 Å². The molecule has 2 aliphatic heterocycles. The number of amides is 3. The predicted molar refractivity (Wildman–Crippen MR) is 97.0 cm³/mol. The van der Waals surface area contributed by atoms with Gasteiger partial charge in [-0.05, 0) is 18.9 Å². The first-order valence-electron chi connectivity index (χ1n) is 9.19. The van der Waals surface area contributed by atoms with E-state index >= 15 is 0 Å². The Bertz CT molecular complexity index is 626. The van der Waals surface area contributed by atoms with E-state index in [1.54, 1.807) is 0 Å². The number of nitrogens with one attached hydrogen (secondary N) is 1. The number of benzene rings is 1. The second-order valence-corrected chi connectivity index (χ2v) is 7.08. The highest BCUT2D eigenvalue weighted by atomic mass is 16.2. The van der Waals surface area contributed by atoms with Crippen molar-refractivity contribution in [2.24, 2.45) is 0 Å². The molecular weight excluding hydrogens is 316 g/mol. The van der Waals surface area contributed by atoms with Gasteiger partial charge in [0.2, 0.25) is 0 Å². The van der Waals surface area contributed by atoms with Gasteiger partial charge >= 0.3 is 6.03 Å². The molecule has 6 heteroatoms. The molecule has 0 aliphatic carbocycles. The molecule has 1 atom stereocenters. The summed E-state index contributed by atoms with van der Waals surface area (Å²) in [4.78, 5) is 30.4. The number of carbonyl (C=O) groups excluding carboxylic acids is 2. The number of piperazine rings is 1. The Labute approximate surface area is 149 Å². The predicted octanol–water partition coefficient (Wildman–Crippen LogP) is 1.79. The van der Waals surface area contributed by atoms with Gasteiger partial charge in [0.1, 0.15) is 6.04 Å². The lowest BCUT2D eigenvalue weighted by molar-refractivity contribution is -0.129. The zero-order valence-corrected chi connectivity index (χ0v) is 15.2. The van der Waals surface area contributed by atoms with Crippen molar-refractivity contribution in [1.29, 1.82) is 0 Å². The number of urea groups is 1. The van der Waals surface area contributed by atoms with Gasteiger partial charge in [0, 0.05) is 32.7 Å². The number of carbonyl (C=O) groups is 2. The van der Waals surface area contributed by atoms with Crippen LogP contribution in [0.4, 0.5) is 4.79 Å². The summed E-state index contributed by atoms with van der Waals surface area (Å²) in [6, 6.07) is 8.04. The van der Waals surface area contributed by atoms with E-state index in [1.165, 1.54) is 16.0 Å². The number of hydrogen-bond acceptors (Lipinski definition) is 4. The Morgan fingerprint density at radius 3 is 2.52 bits per heavy atom. The average molecular weight is 344 g/mol. The number of rotatable bonds is 6. The molecule has 136 valence electrons. The summed E-state index contributed by atoms with van der Waals surface area (Å²) < 4.78 is 0. The molecule has 2 heterocycles. The molecule has 2 aliphatic rings. The molecule has 3 amide bonds. The molecule has 2 saturated heterocycles. The Balaban J connectivity index is 1.48. The molecule has 6 nitrogen and oxygen atoms in total. The summed E-state index contributed by atoms with van der Waals surface area (Å²) >= 11 is 0. The van der Waals surface area contributed by atoms with Crippen molar-refractivity contribution in [3.05, 3.63) is 35.4 Å². The van der Waals surface area contributed by atoms with Crippen LogP contribution in [0.15, 0.2) is 24.3 Å². The molecular formula is C19H28N4O2. The lowest BCUT2D eigenvalue weighted by atomic mass is 10.1. The van der Waals surface area contributed by atoms with E-state index in [9.17, 15) is 9.59 Å². The highest BCUT2D eigenvalue weighted by Gasteiger charge is 2.38. The van der Waals surface area contributed by atoms with Crippen LogP contribution in [0.3, 0.4) is 0 Å². The smallest absolute Gasteiger partial charge is 0.325 e. The van der Waals surface area contributed by atoms with Crippen LogP contribution >= 0.6 is 0 Å². The van der Waals surface area contributed by atoms with Crippen molar-refractivity contribution in [3.63, 3.8) is 0 Å². The van der Waals surface area contributed by atoms with Gasteiger partial charge in [0.15, 0.2) is 0 Å². The van der Waals surface area contributed by atoms with Crippen LogP contribution in [-0.2, 0) is 11.3 Å². The Morgan fingerprint density at radius 1 is 1.12 bits per heavy atom. The van der Waals surface area contributed by atoms with Crippen LogP contribution in [0.2, 0.25) is 0 Å². The normalized spacial score (nSPS) is 22.5. The molecule has 0 radical (unpaired) electrons. The minimum atomic E-state index is -0.333. The van der Waals surface area contributed by atoms with Gasteiger partial charge in [-0.15, -0.1) is 0 Å².